The molecule has 0 aliphatic carbocycles. The average molecular weight is 454 g/mol. The number of benzene rings is 3. The minimum Gasteiger partial charge on any atom is -0.478 e. The zero-order valence-electron chi connectivity index (χ0n) is 19.1. The van der Waals surface area contributed by atoms with Gasteiger partial charge in [-0.3, -0.25) is 4.79 Å². The third-order valence-electron chi connectivity index (χ3n) is 6.59. The highest BCUT2D eigenvalue weighted by atomic mass is 16.4. The lowest BCUT2D eigenvalue weighted by Crippen LogP contribution is -2.32. The van der Waals surface area contributed by atoms with Crippen LogP contribution >= 0.6 is 0 Å². The van der Waals surface area contributed by atoms with Gasteiger partial charge in [0, 0.05) is 12.3 Å². The second-order valence-corrected chi connectivity index (χ2v) is 8.99. The fourth-order valence-electron chi connectivity index (χ4n) is 4.78. The highest BCUT2D eigenvalue weighted by Crippen LogP contribution is 2.29. The summed E-state index contributed by atoms with van der Waals surface area (Å²) in [4.78, 5) is 31.9. The molecular weight excluding hydrogens is 426 g/mol. The van der Waals surface area contributed by atoms with E-state index >= 15 is 0 Å². The lowest BCUT2D eigenvalue weighted by atomic mass is 9.89. The molecule has 0 unspecified atom stereocenters. The summed E-state index contributed by atoms with van der Waals surface area (Å²) in [6.45, 7) is 3.65. The van der Waals surface area contributed by atoms with E-state index in [2.05, 4.69) is 27.4 Å². The first kappa shape index (κ1) is 22.0. The molecule has 4 aromatic rings. The molecule has 0 amide bonds. The van der Waals surface area contributed by atoms with Gasteiger partial charge in [0.15, 0.2) is 0 Å². The number of carboxylic acids is 1. The monoisotopic (exact) mass is 453 g/mol. The summed E-state index contributed by atoms with van der Waals surface area (Å²) in [6.07, 6.45) is 2.32. The third kappa shape index (κ3) is 4.50. The number of Topliss-reactive ketones (excluding diaryl/α,β-unsaturated/α-hetero) is 1. The van der Waals surface area contributed by atoms with E-state index in [-0.39, 0.29) is 11.5 Å². The van der Waals surface area contributed by atoms with Gasteiger partial charge in [-0.1, -0.05) is 48.5 Å². The Morgan fingerprint density at radius 3 is 2.35 bits per heavy atom. The van der Waals surface area contributed by atoms with Crippen LogP contribution in [0.4, 0.5) is 0 Å². The number of rotatable bonds is 6. The van der Waals surface area contributed by atoms with Gasteiger partial charge in [-0.25, -0.2) is 9.78 Å². The van der Waals surface area contributed by atoms with Gasteiger partial charge in [-0.05, 0) is 72.8 Å². The fraction of sp³-hybridized carbons (Fsp3) is 0.250. The highest BCUT2D eigenvalue weighted by Gasteiger charge is 2.21. The molecule has 6 nitrogen and oxygen atoms in total. The first-order valence-electron chi connectivity index (χ1n) is 11.6. The van der Waals surface area contributed by atoms with Gasteiger partial charge in [0.05, 0.1) is 11.1 Å². The first-order chi connectivity index (χ1) is 16.5. The molecule has 1 saturated heterocycles. The molecule has 172 valence electrons. The van der Waals surface area contributed by atoms with Crippen molar-refractivity contribution in [3.05, 3.63) is 77.6 Å². The molecule has 2 heterocycles. The zero-order chi connectivity index (χ0) is 23.7. The number of ketones is 1. The quantitative estimate of drug-likeness (QED) is 0.381. The molecule has 0 atom stereocenters. The van der Waals surface area contributed by atoms with Crippen LogP contribution in [0.5, 0.6) is 0 Å². The second-order valence-electron chi connectivity index (χ2n) is 8.99. The molecule has 1 aliphatic rings. The number of aromatic amines is 1. The van der Waals surface area contributed by atoms with E-state index in [1.54, 1.807) is 6.07 Å². The highest BCUT2D eigenvalue weighted by molar-refractivity contribution is 6.03. The molecule has 3 aromatic carbocycles. The first-order valence-corrected chi connectivity index (χ1v) is 11.6. The van der Waals surface area contributed by atoms with Crippen LogP contribution in [0.25, 0.3) is 33.3 Å². The SMILES string of the molecule is Cc1nc2c(C(=O)O)cc(-c3ccc(-c4cccc(CC(=O)C5CCNCC5)c4)cc3)cc2[nH]1. The fourth-order valence-corrected chi connectivity index (χ4v) is 4.78. The van der Waals surface area contributed by atoms with E-state index in [0.717, 1.165) is 53.7 Å². The molecule has 3 N–H and O–H groups in total. The van der Waals surface area contributed by atoms with Gasteiger partial charge in [-0.15, -0.1) is 0 Å². The van der Waals surface area contributed by atoms with E-state index in [4.69, 9.17) is 0 Å². The van der Waals surface area contributed by atoms with Crippen LogP contribution in [0.1, 0.15) is 34.6 Å². The van der Waals surface area contributed by atoms with Crippen molar-refractivity contribution < 1.29 is 14.7 Å². The van der Waals surface area contributed by atoms with Crippen molar-refractivity contribution in [2.75, 3.05) is 13.1 Å². The van der Waals surface area contributed by atoms with Crippen LogP contribution in [-0.2, 0) is 11.2 Å². The number of piperidine rings is 1. The van der Waals surface area contributed by atoms with Gasteiger partial charge in [0.1, 0.15) is 17.1 Å². The Balaban J connectivity index is 1.39. The van der Waals surface area contributed by atoms with Crippen LogP contribution in [0.2, 0.25) is 0 Å². The maximum Gasteiger partial charge on any atom is 0.337 e. The predicted molar refractivity (Wildman–Crippen MR) is 133 cm³/mol. The lowest BCUT2D eigenvalue weighted by Gasteiger charge is -2.21. The number of carboxylic acid groups (broad SMARTS) is 1. The number of imidazole rings is 1. The van der Waals surface area contributed by atoms with Crippen LogP contribution < -0.4 is 5.32 Å². The maximum atomic E-state index is 12.7. The standard InChI is InChI=1S/C28H27N3O3/c1-17-30-25-16-23(15-24(28(33)34)27(25)31-17)20-7-5-19(6-8-20)22-4-2-3-18(13-22)14-26(32)21-9-11-29-12-10-21/h2-8,13,15-16,21,29H,9-12,14H2,1H3,(H,30,31)(H,33,34). The number of carbonyl (C=O) groups excluding carboxylic acids is 1. The second kappa shape index (κ2) is 9.23. The number of fused-ring (bicyclic) bond motifs is 1. The minimum atomic E-state index is -0.995. The van der Waals surface area contributed by atoms with Crippen LogP contribution in [0, 0.1) is 12.8 Å². The number of aromatic carboxylic acids is 1. The molecule has 0 bridgehead atoms. The molecule has 1 aromatic heterocycles. The molecule has 1 fully saturated rings. The Labute approximate surface area is 198 Å². The third-order valence-corrected chi connectivity index (χ3v) is 6.59. The molecule has 5 rings (SSSR count). The Morgan fingerprint density at radius 1 is 0.941 bits per heavy atom. The molecule has 0 spiro atoms. The van der Waals surface area contributed by atoms with Crippen molar-refractivity contribution in [2.24, 2.45) is 5.92 Å². The minimum absolute atomic E-state index is 0.163. The predicted octanol–water partition coefficient (Wildman–Crippen LogP) is 5.01. The normalized spacial score (nSPS) is 14.4. The Kier molecular flexibility index (Phi) is 5.99. The van der Waals surface area contributed by atoms with E-state index < -0.39 is 5.97 Å². The number of hydrogen-bond donors (Lipinski definition) is 3. The topological polar surface area (TPSA) is 95.1 Å². The number of nitrogens with one attached hydrogen (secondary N) is 2. The Hall–Kier alpha value is -3.77. The van der Waals surface area contributed by atoms with Crippen LogP contribution in [0.15, 0.2) is 60.7 Å². The Bertz CT molecular complexity index is 1370. The van der Waals surface area contributed by atoms with Crippen molar-refractivity contribution >= 4 is 22.8 Å². The summed E-state index contributed by atoms with van der Waals surface area (Å²) in [7, 11) is 0. The van der Waals surface area contributed by atoms with Gasteiger partial charge in [0.25, 0.3) is 0 Å². The van der Waals surface area contributed by atoms with Gasteiger partial charge in [0.2, 0.25) is 0 Å². The molecule has 1 aliphatic heterocycles. The van der Waals surface area contributed by atoms with Crippen molar-refractivity contribution in [3.63, 3.8) is 0 Å². The molecule has 34 heavy (non-hydrogen) atoms. The average Bonchev–Trinajstić information content (AvgIpc) is 3.24. The summed E-state index contributed by atoms with van der Waals surface area (Å²) in [5, 5.41) is 13.0. The maximum absolute atomic E-state index is 12.7. The number of aromatic nitrogens is 2. The molecular formula is C28H27N3O3. The van der Waals surface area contributed by atoms with E-state index in [0.29, 0.717) is 29.1 Å². The summed E-state index contributed by atoms with van der Waals surface area (Å²) < 4.78 is 0. The van der Waals surface area contributed by atoms with Crippen molar-refractivity contribution in [3.8, 4) is 22.3 Å². The van der Waals surface area contributed by atoms with Gasteiger partial charge in [-0.2, -0.15) is 0 Å². The Morgan fingerprint density at radius 2 is 1.65 bits per heavy atom. The largest absolute Gasteiger partial charge is 0.478 e. The smallest absolute Gasteiger partial charge is 0.337 e. The summed E-state index contributed by atoms with van der Waals surface area (Å²) in [6, 6.07) is 19.8. The summed E-state index contributed by atoms with van der Waals surface area (Å²) in [5.41, 5.74) is 6.27. The van der Waals surface area contributed by atoms with Crippen molar-refractivity contribution in [1.29, 1.82) is 0 Å². The molecule has 6 heteroatoms. The van der Waals surface area contributed by atoms with E-state index in [1.807, 2.05) is 49.4 Å². The van der Waals surface area contributed by atoms with Crippen LogP contribution in [-0.4, -0.2) is 39.9 Å². The van der Waals surface area contributed by atoms with E-state index in [9.17, 15) is 14.7 Å². The van der Waals surface area contributed by atoms with Gasteiger partial charge >= 0.3 is 5.97 Å². The number of nitrogens with zero attached hydrogens (tertiary/aromatic N) is 1. The number of aryl methyl sites for hydroxylation is 1. The van der Waals surface area contributed by atoms with Gasteiger partial charge < -0.3 is 15.4 Å². The van der Waals surface area contributed by atoms with Crippen molar-refractivity contribution in [1.82, 2.24) is 15.3 Å². The molecule has 0 radical (unpaired) electrons. The number of carbonyl (C=O) groups is 2. The summed E-state index contributed by atoms with van der Waals surface area (Å²) >= 11 is 0. The van der Waals surface area contributed by atoms with Crippen molar-refractivity contribution in [2.45, 2.75) is 26.2 Å². The van der Waals surface area contributed by atoms with Crippen LogP contribution in [0.3, 0.4) is 0 Å². The van der Waals surface area contributed by atoms with E-state index in [1.165, 1.54) is 0 Å². The number of hydrogen-bond acceptors (Lipinski definition) is 4. The zero-order valence-corrected chi connectivity index (χ0v) is 19.1. The number of H-pyrrole nitrogens is 1. The molecule has 0 saturated carbocycles. The lowest BCUT2D eigenvalue weighted by molar-refractivity contribution is -0.122. The summed E-state index contributed by atoms with van der Waals surface area (Å²) in [5.74, 6) is 0.179.